The molecule has 112 valence electrons. The van der Waals surface area contributed by atoms with Gasteiger partial charge in [0.25, 0.3) is 0 Å². The number of carbonyl (C=O) groups excluding carboxylic acids is 2. The first-order chi connectivity index (χ1) is 9.60. The summed E-state index contributed by atoms with van der Waals surface area (Å²) in [5.41, 5.74) is 0. The van der Waals surface area contributed by atoms with Crippen molar-refractivity contribution >= 4 is 51.9 Å². The van der Waals surface area contributed by atoms with Crippen LogP contribution in [-0.2, 0) is 14.3 Å². The number of hydrogen-bond donors (Lipinski definition) is 1. The number of ether oxygens (including phenoxy) is 1. The lowest BCUT2D eigenvalue weighted by Gasteiger charge is -2.12. The Morgan fingerprint density at radius 1 is 1.40 bits per heavy atom. The second-order valence-electron chi connectivity index (χ2n) is 3.58. The van der Waals surface area contributed by atoms with Crippen LogP contribution < -0.4 is 5.32 Å². The van der Waals surface area contributed by atoms with Gasteiger partial charge in [0.2, 0.25) is 11.0 Å². The predicted molar refractivity (Wildman–Crippen MR) is 83.5 cm³/mol. The third-order valence-electron chi connectivity index (χ3n) is 2.20. The van der Waals surface area contributed by atoms with Crippen molar-refractivity contribution in [3.8, 4) is 0 Å². The Morgan fingerprint density at radius 3 is 2.75 bits per heavy atom. The minimum atomic E-state index is -0.334. The highest BCUT2D eigenvalue weighted by Crippen LogP contribution is 2.26. The molecule has 6 nitrogen and oxygen atoms in total. The van der Waals surface area contributed by atoms with Crippen molar-refractivity contribution in [1.29, 1.82) is 0 Å². The van der Waals surface area contributed by atoms with Crippen LogP contribution in [0.15, 0.2) is 4.34 Å². The number of nitrogens with one attached hydrogen (secondary N) is 1. The summed E-state index contributed by atoms with van der Waals surface area (Å²) >= 11 is 4.20. The van der Waals surface area contributed by atoms with Crippen LogP contribution in [-0.4, -0.2) is 45.9 Å². The number of aromatic nitrogens is 2. The van der Waals surface area contributed by atoms with Crippen LogP contribution in [0.4, 0.5) is 5.13 Å². The Morgan fingerprint density at radius 2 is 2.15 bits per heavy atom. The predicted octanol–water partition coefficient (Wildman–Crippen LogP) is 2.27. The van der Waals surface area contributed by atoms with Gasteiger partial charge >= 0.3 is 5.97 Å². The van der Waals surface area contributed by atoms with Crippen LogP contribution >= 0.6 is 34.9 Å². The van der Waals surface area contributed by atoms with Crippen LogP contribution in [0.1, 0.15) is 20.3 Å². The van der Waals surface area contributed by atoms with Gasteiger partial charge in [-0.3, -0.25) is 14.9 Å². The van der Waals surface area contributed by atoms with Gasteiger partial charge in [0.1, 0.15) is 0 Å². The number of nitrogens with zero attached hydrogens (tertiary/aromatic N) is 2. The summed E-state index contributed by atoms with van der Waals surface area (Å²) in [6.07, 6.45) is 0.628. The number of esters is 1. The van der Waals surface area contributed by atoms with E-state index >= 15 is 0 Å². The minimum Gasteiger partial charge on any atom is -0.468 e. The van der Waals surface area contributed by atoms with E-state index in [1.54, 1.807) is 11.8 Å². The Balaban J connectivity index is 2.51. The second-order valence-corrected chi connectivity index (χ2v) is 7.26. The van der Waals surface area contributed by atoms with Crippen molar-refractivity contribution in [3.63, 3.8) is 0 Å². The molecule has 20 heavy (non-hydrogen) atoms. The monoisotopic (exact) mass is 335 g/mol. The standard InChI is InChI=1S/C11H17N3O3S3/c1-4-7(19-6-8(15)17-3)9(16)12-10-13-14-11(20-10)18-5-2/h7H,4-6H2,1-3H3,(H,12,13,16)/t7-/m1/s1. The molecule has 0 aliphatic carbocycles. The van der Waals surface area contributed by atoms with Gasteiger partial charge in [-0.05, 0) is 12.2 Å². The number of amides is 1. The highest BCUT2D eigenvalue weighted by Gasteiger charge is 2.20. The molecular formula is C11H17N3O3S3. The first kappa shape index (κ1) is 17.3. The number of rotatable bonds is 8. The molecule has 1 atom stereocenters. The summed E-state index contributed by atoms with van der Waals surface area (Å²) in [5, 5.41) is 10.8. The average Bonchev–Trinajstić information content (AvgIpc) is 2.86. The van der Waals surface area contributed by atoms with E-state index in [9.17, 15) is 9.59 Å². The van der Waals surface area contributed by atoms with Crippen molar-refractivity contribution in [2.45, 2.75) is 29.9 Å². The largest absolute Gasteiger partial charge is 0.468 e. The summed E-state index contributed by atoms with van der Waals surface area (Å²) in [6, 6.07) is 0. The molecule has 1 heterocycles. The van der Waals surface area contributed by atoms with E-state index < -0.39 is 0 Å². The quantitative estimate of drug-likeness (QED) is 0.443. The fraction of sp³-hybridized carbons (Fsp3) is 0.636. The van der Waals surface area contributed by atoms with E-state index in [1.807, 2.05) is 13.8 Å². The first-order valence-electron chi connectivity index (χ1n) is 6.06. The molecule has 0 radical (unpaired) electrons. The van der Waals surface area contributed by atoms with Gasteiger partial charge in [-0.15, -0.1) is 22.0 Å². The zero-order valence-electron chi connectivity index (χ0n) is 11.5. The van der Waals surface area contributed by atoms with E-state index in [2.05, 4.69) is 20.3 Å². The van der Waals surface area contributed by atoms with E-state index in [4.69, 9.17) is 0 Å². The maximum atomic E-state index is 12.1. The van der Waals surface area contributed by atoms with E-state index in [0.717, 1.165) is 10.1 Å². The summed E-state index contributed by atoms with van der Waals surface area (Å²) in [6.45, 7) is 3.92. The van der Waals surface area contributed by atoms with Gasteiger partial charge in [0.15, 0.2) is 4.34 Å². The third kappa shape index (κ3) is 5.68. The normalized spacial score (nSPS) is 11.9. The molecule has 0 aliphatic heterocycles. The van der Waals surface area contributed by atoms with Gasteiger partial charge in [0, 0.05) is 0 Å². The molecular weight excluding hydrogens is 318 g/mol. The summed E-state index contributed by atoms with van der Waals surface area (Å²) in [5.74, 6) is 0.578. The second kappa shape index (κ2) is 9.19. The van der Waals surface area contributed by atoms with E-state index in [0.29, 0.717) is 11.6 Å². The highest BCUT2D eigenvalue weighted by molar-refractivity contribution is 8.01. The summed E-state index contributed by atoms with van der Waals surface area (Å²) in [7, 11) is 1.33. The maximum absolute atomic E-state index is 12.1. The van der Waals surface area contributed by atoms with Crippen LogP contribution in [0.3, 0.4) is 0 Å². The molecule has 1 rings (SSSR count). The average molecular weight is 335 g/mol. The highest BCUT2D eigenvalue weighted by atomic mass is 32.2. The number of anilines is 1. The third-order valence-corrected chi connectivity index (χ3v) is 5.40. The Kier molecular flexibility index (Phi) is 7.93. The van der Waals surface area contributed by atoms with Crippen LogP contribution in [0.5, 0.6) is 0 Å². The molecule has 0 saturated heterocycles. The van der Waals surface area contributed by atoms with Crippen molar-refractivity contribution in [3.05, 3.63) is 0 Å². The molecule has 0 unspecified atom stereocenters. The van der Waals surface area contributed by atoms with Crippen molar-refractivity contribution in [2.24, 2.45) is 0 Å². The number of thioether (sulfide) groups is 2. The van der Waals surface area contributed by atoms with Gasteiger partial charge in [-0.1, -0.05) is 36.9 Å². The lowest BCUT2D eigenvalue weighted by Crippen LogP contribution is -2.25. The molecule has 1 aromatic rings. The van der Waals surface area contributed by atoms with Gasteiger partial charge in [0.05, 0.1) is 18.1 Å². The topological polar surface area (TPSA) is 81.2 Å². The molecule has 9 heteroatoms. The Labute approximate surface area is 130 Å². The SMILES string of the molecule is CCSc1nnc(NC(=O)[C@@H](CC)SCC(=O)OC)s1. The Hall–Kier alpha value is -0.800. The fourth-order valence-corrected chi connectivity index (χ4v) is 3.79. The molecule has 1 amide bonds. The van der Waals surface area contributed by atoms with Crippen LogP contribution in [0.25, 0.3) is 0 Å². The van der Waals surface area contributed by atoms with Gasteiger partial charge < -0.3 is 4.74 Å². The van der Waals surface area contributed by atoms with Crippen LogP contribution in [0.2, 0.25) is 0 Å². The molecule has 0 aliphatic rings. The zero-order chi connectivity index (χ0) is 15.0. The van der Waals surface area contributed by atoms with Crippen molar-refractivity contribution < 1.29 is 14.3 Å². The molecule has 0 saturated carbocycles. The fourth-order valence-electron chi connectivity index (χ4n) is 1.23. The number of methoxy groups -OCH3 is 1. The molecule has 0 aromatic carbocycles. The number of carbonyl (C=O) groups is 2. The lowest BCUT2D eigenvalue weighted by molar-refractivity contribution is -0.137. The van der Waals surface area contributed by atoms with Crippen LogP contribution in [0, 0.1) is 0 Å². The molecule has 0 spiro atoms. The molecule has 0 bridgehead atoms. The van der Waals surface area contributed by atoms with E-state index in [-0.39, 0.29) is 22.9 Å². The molecule has 1 N–H and O–H groups in total. The minimum absolute atomic E-state index is 0.161. The smallest absolute Gasteiger partial charge is 0.315 e. The zero-order valence-corrected chi connectivity index (χ0v) is 14.0. The number of hydrogen-bond acceptors (Lipinski definition) is 8. The van der Waals surface area contributed by atoms with Crippen molar-refractivity contribution in [2.75, 3.05) is 23.9 Å². The summed E-state index contributed by atoms with van der Waals surface area (Å²) in [4.78, 5) is 23.2. The van der Waals surface area contributed by atoms with Crippen molar-refractivity contribution in [1.82, 2.24) is 10.2 Å². The van der Waals surface area contributed by atoms with Gasteiger partial charge in [-0.2, -0.15) is 0 Å². The maximum Gasteiger partial charge on any atom is 0.315 e. The Bertz CT molecular complexity index is 453. The van der Waals surface area contributed by atoms with Gasteiger partial charge in [-0.25, -0.2) is 0 Å². The van der Waals surface area contributed by atoms with E-state index in [1.165, 1.54) is 30.2 Å². The molecule has 1 aromatic heterocycles. The molecule has 0 fully saturated rings. The summed E-state index contributed by atoms with van der Waals surface area (Å²) < 4.78 is 5.39. The lowest BCUT2D eigenvalue weighted by atomic mass is 10.3. The first-order valence-corrected chi connectivity index (χ1v) is 8.91.